The van der Waals surface area contributed by atoms with E-state index in [0.717, 1.165) is 27.7 Å². The lowest BCUT2D eigenvalue weighted by molar-refractivity contribution is 0.220. The summed E-state index contributed by atoms with van der Waals surface area (Å²) >= 11 is 1.72. The van der Waals surface area contributed by atoms with Crippen LogP contribution in [0.5, 0.6) is 0 Å². The molecule has 0 amide bonds. The molecule has 27 heavy (non-hydrogen) atoms. The van der Waals surface area contributed by atoms with Gasteiger partial charge in [-0.2, -0.15) is 0 Å². The van der Waals surface area contributed by atoms with Crippen molar-refractivity contribution < 1.29 is 0 Å². The summed E-state index contributed by atoms with van der Waals surface area (Å²) in [6.07, 6.45) is 9.75. The van der Waals surface area contributed by atoms with Crippen LogP contribution < -0.4 is 16.0 Å². The van der Waals surface area contributed by atoms with Gasteiger partial charge < -0.3 is 16.0 Å². The van der Waals surface area contributed by atoms with Crippen molar-refractivity contribution in [2.75, 3.05) is 22.5 Å². The minimum absolute atomic E-state index is 0.429. The van der Waals surface area contributed by atoms with E-state index in [4.69, 9.17) is 10.7 Å². The fourth-order valence-electron chi connectivity index (χ4n) is 4.69. The number of hydrogen-bond acceptors (Lipinski definition) is 8. The number of thiazole rings is 1. The minimum atomic E-state index is 0.429. The van der Waals surface area contributed by atoms with Gasteiger partial charge in [-0.3, -0.25) is 0 Å². The first-order valence-corrected chi connectivity index (χ1v) is 10.3. The Hall–Kier alpha value is -2.48. The number of nitrogens with two attached hydrogens (primary N) is 1. The summed E-state index contributed by atoms with van der Waals surface area (Å²) < 4.78 is 1.05. The van der Waals surface area contributed by atoms with E-state index in [1.807, 2.05) is 6.07 Å². The number of nitrogens with zero attached hydrogens (tertiary/aromatic N) is 5. The zero-order chi connectivity index (χ0) is 18.4. The Morgan fingerprint density at radius 1 is 1.26 bits per heavy atom. The van der Waals surface area contributed by atoms with Gasteiger partial charge in [0.15, 0.2) is 10.9 Å². The number of rotatable bonds is 3. The molecule has 0 radical (unpaired) electrons. The van der Waals surface area contributed by atoms with E-state index in [-0.39, 0.29) is 0 Å². The van der Waals surface area contributed by atoms with Gasteiger partial charge >= 0.3 is 0 Å². The Morgan fingerprint density at radius 2 is 2.15 bits per heavy atom. The molecule has 1 saturated heterocycles. The molecule has 3 aromatic rings. The first kappa shape index (κ1) is 16.7. The number of fused-ring (bicyclic) bond motifs is 2. The van der Waals surface area contributed by atoms with Crippen molar-refractivity contribution >= 4 is 44.1 Å². The SMILES string of the molecule is C[C@@]12CCC[C@H]1N(c1nc3ccnc(Nc4cc(N)ncn4)c3s1)CCC2. The van der Waals surface area contributed by atoms with Crippen molar-refractivity contribution in [2.45, 2.75) is 45.1 Å². The van der Waals surface area contributed by atoms with E-state index in [9.17, 15) is 0 Å². The highest BCUT2D eigenvalue weighted by Crippen LogP contribution is 2.49. The molecular weight excluding hydrogens is 358 g/mol. The van der Waals surface area contributed by atoms with Gasteiger partial charge in [-0.25, -0.2) is 19.9 Å². The van der Waals surface area contributed by atoms with E-state index in [1.54, 1.807) is 23.6 Å². The molecule has 4 heterocycles. The van der Waals surface area contributed by atoms with Crippen LogP contribution in [-0.2, 0) is 0 Å². The summed E-state index contributed by atoms with van der Waals surface area (Å²) in [7, 11) is 0. The van der Waals surface area contributed by atoms with Crippen LogP contribution in [0, 0.1) is 5.41 Å². The molecule has 2 fully saturated rings. The molecule has 3 N–H and O–H groups in total. The first-order chi connectivity index (χ1) is 13.1. The standard InChI is InChI=1S/C19H23N7S/c1-19-6-2-4-13(19)26(9-3-7-19)18-24-12-5-8-21-17(16(12)27-18)25-15-10-14(20)22-11-23-15/h5,8,10-11,13H,2-4,6-7,9H2,1H3,(H3,20,21,22,23,25)/t13-,19+/m1/s1. The quantitative estimate of drug-likeness (QED) is 0.709. The molecule has 0 bridgehead atoms. The molecule has 140 valence electrons. The zero-order valence-corrected chi connectivity index (χ0v) is 16.2. The maximum atomic E-state index is 5.76. The number of hydrogen-bond donors (Lipinski definition) is 2. The predicted octanol–water partition coefficient (Wildman–Crippen LogP) is 3.97. The van der Waals surface area contributed by atoms with Crippen LogP contribution in [-0.4, -0.2) is 32.5 Å². The molecule has 0 aromatic carbocycles. The molecule has 2 aliphatic rings. The maximum Gasteiger partial charge on any atom is 0.186 e. The van der Waals surface area contributed by atoms with Crippen LogP contribution in [0.4, 0.5) is 22.6 Å². The van der Waals surface area contributed by atoms with Gasteiger partial charge in [0, 0.05) is 24.8 Å². The highest BCUT2D eigenvalue weighted by molar-refractivity contribution is 7.22. The van der Waals surface area contributed by atoms with E-state index in [2.05, 4.69) is 32.1 Å². The third-order valence-corrected chi connectivity index (χ3v) is 7.14. The van der Waals surface area contributed by atoms with Crippen LogP contribution in [0.2, 0.25) is 0 Å². The third kappa shape index (κ3) is 2.88. The van der Waals surface area contributed by atoms with E-state index >= 15 is 0 Å². The molecule has 3 aromatic heterocycles. The normalized spacial score (nSPS) is 24.9. The average Bonchev–Trinajstić information content (AvgIpc) is 3.25. The lowest BCUT2D eigenvalue weighted by Crippen LogP contribution is -2.48. The molecule has 0 spiro atoms. The minimum Gasteiger partial charge on any atom is -0.384 e. The van der Waals surface area contributed by atoms with Crippen molar-refractivity contribution in [3.63, 3.8) is 0 Å². The highest BCUT2D eigenvalue weighted by atomic mass is 32.1. The van der Waals surface area contributed by atoms with Gasteiger partial charge in [-0.15, -0.1) is 0 Å². The predicted molar refractivity (Wildman–Crippen MR) is 109 cm³/mol. The van der Waals surface area contributed by atoms with Gasteiger partial charge in [0.05, 0.1) is 10.2 Å². The van der Waals surface area contributed by atoms with E-state index in [0.29, 0.717) is 23.1 Å². The Morgan fingerprint density at radius 3 is 3.04 bits per heavy atom. The van der Waals surface area contributed by atoms with Gasteiger partial charge in [0.1, 0.15) is 18.0 Å². The number of aromatic nitrogens is 4. The smallest absolute Gasteiger partial charge is 0.186 e. The topological polar surface area (TPSA) is 92.9 Å². The second-order valence-electron chi connectivity index (χ2n) is 7.82. The Labute approximate surface area is 162 Å². The number of nitrogens with one attached hydrogen (secondary N) is 1. The van der Waals surface area contributed by atoms with Crippen LogP contribution in [0.3, 0.4) is 0 Å². The fraction of sp³-hybridized carbons (Fsp3) is 0.474. The molecule has 1 saturated carbocycles. The number of piperidine rings is 1. The largest absolute Gasteiger partial charge is 0.384 e. The molecule has 5 rings (SSSR count). The lowest BCUT2D eigenvalue weighted by atomic mass is 9.77. The van der Waals surface area contributed by atoms with Gasteiger partial charge in [-0.1, -0.05) is 24.7 Å². The van der Waals surface area contributed by atoms with E-state index in [1.165, 1.54) is 38.4 Å². The number of anilines is 4. The lowest BCUT2D eigenvalue weighted by Gasteiger charge is -2.44. The second-order valence-corrected chi connectivity index (χ2v) is 8.79. The van der Waals surface area contributed by atoms with Gasteiger partial charge in [0.2, 0.25) is 0 Å². The fourth-order valence-corrected chi connectivity index (χ4v) is 5.77. The van der Waals surface area contributed by atoms with Crippen LogP contribution >= 0.6 is 11.3 Å². The second kappa shape index (κ2) is 6.30. The van der Waals surface area contributed by atoms with Crippen molar-refractivity contribution in [3.8, 4) is 0 Å². The zero-order valence-electron chi connectivity index (χ0n) is 15.4. The highest BCUT2D eigenvalue weighted by Gasteiger charge is 2.45. The average molecular weight is 382 g/mol. The number of nitrogen functional groups attached to an aromatic ring is 1. The van der Waals surface area contributed by atoms with Crippen molar-refractivity contribution in [2.24, 2.45) is 5.41 Å². The van der Waals surface area contributed by atoms with Crippen molar-refractivity contribution in [3.05, 3.63) is 24.7 Å². The van der Waals surface area contributed by atoms with E-state index < -0.39 is 0 Å². The molecule has 2 atom stereocenters. The molecule has 7 nitrogen and oxygen atoms in total. The Bertz CT molecular complexity index is 987. The van der Waals surface area contributed by atoms with Gasteiger partial charge in [-0.05, 0) is 37.2 Å². The first-order valence-electron chi connectivity index (χ1n) is 9.49. The molecule has 1 aliphatic heterocycles. The summed E-state index contributed by atoms with van der Waals surface area (Å²) in [5.74, 6) is 1.83. The number of pyridine rings is 1. The maximum absolute atomic E-state index is 5.76. The third-order valence-electron chi connectivity index (χ3n) is 6.03. The molecule has 8 heteroatoms. The van der Waals surface area contributed by atoms with Crippen molar-refractivity contribution in [1.29, 1.82) is 0 Å². The Balaban J connectivity index is 1.50. The molecular formula is C19H23N7S. The monoisotopic (exact) mass is 381 g/mol. The summed E-state index contributed by atoms with van der Waals surface area (Å²) in [6.45, 7) is 3.55. The molecule has 1 aliphatic carbocycles. The van der Waals surface area contributed by atoms with Crippen LogP contribution in [0.1, 0.15) is 39.0 Å². The summed E-state index contributed by atoms with van der Waals surface area (Å²) in [6, 6.07) is 4.29. The van der Waals surface area contributed by atoms with Crippen molar-refractivity contribution in [1.82, 2.24) is 19.9 Å². The van der Waals surface area contributed by atoms with Crippen LogP contribution in [0.25, 0.3) is 10.2 Å². The summed E-state index contributed by atoms with van der Waals surface area (Å²) in [5, 5.41) is 4.38. The molecule has 0 unspecified atom stereocenters. The Kier molecular flexibility index (Phi) is 3.89. The van der Waals surface area contributed by atoms with Gasteiger partial charge in [0.25, 0.3) is 0 Å². The van der Waals surface area contributed by atoms with Crippen LogP contribution in [0.15, 0.2) is 24.7 Å². The summed E-state index contributed by atoms with van der Waals surface area (Å²) in [4.78, 5) is 20.2. The summed E-state index contributed by atoms with van der Waals surface area (Å²) in [5.41, 5.74) is 7.17.